The molecule has 30 heavy (non-hydrogen) atoms. The van der Waals surface area contributed by atoms with Crippen molar-refractivity contribution in [2.45, 2.75) is 23.5 Å². The highest BCUT2D eigenvalue weighted by Crippen LogP contribution is 2.26. The van der Waals surface area contributed by atoms with E-state index in [0.717, 1.165) is 10.3 Å². The Morgan fingerprint density at radius 2 is 1.93 bits per heavy atom. The first kappa shape index (κ1) is 19.7. The maximum Gasteiger partial charge on any atom is 0.332 e. The van der Waals surface area contributed by atoms with Crippen LogP contribution in [0.25, 0.3) is 11.2 Å². The lowest BCUT2D eigenvalue weighted by molar-refractivity contribution is 0.289. The highest BCUT2D eigenvalue weighted by molar-refractivity contribution is 7.99. The van der Waals surface area contributed by atoms with E-state index in [0.29, 0.717) is 22.7 Å². The normalized spacial score (nSPS) is 11.1. The monoisotopic (exact) mass is 425 g/mol. The number of hydrogen-bond donors (Lipinski definition) is 1. The molecule has 0 saturated carbocycles. The van der Waals surface area contributed by atoms with Crippen molar-refractivity contribution in [1.29, 1.82) is 0 Å². The van der Waals surface area contributed by atoms with Crippen molar-refractivity contribution in [1.82, 2.24) is 33.9 Å². The molecule has 0 atom stereocenters. The molecule has 0 amide bonds. The van der Waals surface area contributed by atoms with E-state index in [1.54, 1.807) is 13.1 Å². The van der Waals surface area contributed by atoms with Gasteiger partial charge in [-0.1, -0.05) is 24.3 Å². The molecule has 0 bridgehead atoms. The summed E-state index contributed by atoms with van der Waals surface area (Å²) in [6.07, 6.45) is 1.73. The van der Waals surface area contributed by atoms with Gasteiger partial charge in [0.15, 0.2) is 27.3 Å². The van der Waals surface area contributed by atoms with E-state index in [4.69, 9.17) is 4.74 Å². The highest BCUT2D eigenvalue weighted by Gasteiger charge is 2.18. The number of nitrogens with zero attached hydrogens (tertiary/aromatic N) is 6. The van der Waals surface area contributed by atoms with E-state index in [2.05, 4.69) is 26.7 Å². The first-order chi connectivity index (χ1) is 14.5. The Kier molecular flexibility index (Phi) is 5.27. The van der Waals surface area contributed by atoms with Crippen molar-refractivity contribution in [2.75, 3.05) is 0 Å². The highest BCUT2D eigenvalue weighted by atomic mass is 32.2. The number of rotatable bonds is 7. The number of nitrogens with one attached hydrogen (secondary N) is 1. The van der Waals surface area contributed by atoms with Crippen molar-refractivity contribution in [3.8, 4) is 5.75 Å². The average molecular weight is 425 g/mol. The van der Waals surface area contributed by atoms with Crippen molar-refractivity contribution < 1.29 is 4.74 Å². The smallest absolute Gasteiger partial charge is 0.332 e. The van der Waals surface area contributed by atoms with Crippen LogP contribution in [-0.2, 0) is 27.2 Å². The van der Waals surface area contributed by atoms with Gasteiger partial charge >= 0.3 is 5.69 Å². The molecule has 154 valence electrons. The van der Waals surface area contributed by atoms with Crippen LogP contribution >= 0.6 is 11.8 Å². The van der Waals surface area contributed by atoms with Crippen molar-refractivity contribution in [3.05, 3.63) is 69.6 Å². The molecular weight excluding hydrogens is 406 g/mol. The van der Waals surface area contributed by atoms with Gasteiger partial charge in [-0.25, -0.2) is 9.78 Å². The predicted molar refractivity (Wildman–Crippen MR) is 112 cm³/mol. The number of imidazole rings is 1. The minimum atomic E-state index is -0.439. The van der Waals surface area contributed by atoms with E-state index in [1.807, 2.05) is 34.9 Å². The summed E-state index contributed by atoms with van der Waals surface area (Å²) in [6.45, 7) is 4.50. The maximum atomic E-state index is 12.4. The average Bonchev–Trinajstić information content (AvgIpc) is 3.35. The zero-order valence-corrected chi connectivity index (χ0v) is 17.2. The summed E-state index contributed by atoms with van der Waals surface area (Å²) in [5.74, 6) is 1.36. The Bertz CT molecular complexity index is 1330. The van der Waals surface area contributed by atoms with Crippen LogP contribution in [-0.4, -0.2) is 33.9 Å². The summed E-state index contributed by atoms with van der Waals surface area (Å²) < 4.78 is 9.99. The van der Waals surface area contributed by atoms with Gasteiger partial charge in [-0.15, -0.1) is 16.8 Å². The zero-order chi connectivity index (χ0) is 21.3. The maximum absolute atomic E-state index is 12.4. The third kappa shape index (κ3) is 3.54. The quantitative estimate of drug-likeness (QED) is 0.446. The second-order valence-electron chi connectivity index (χ2n) is 6.45. The molecule has 0 saturated heterocycles. The predicted octanol–water partition coefficient (Wildman–Crippen LogP) is 1.47. The summed E-state index contributed by atoms with van der Waals surface area (Å²) in [7, 11) is 3.00. The van der Waals surface area contributed by atoms with E-state index in [9.17, 15) is 9.59 Å². The van der Waals surface area contributed by atoms with Gasteiger partial charge in [0, 0.05) is 20.6 Å². The molecule has 1 aromatic carbocycles. The summed E-state index contributed by atoms with van der Waals surface area (Å²) in [4.78, 5) is 31.9. The lowest BCUT2D eigenvalue weighted by Gasteiger charge is -2.08. The molecule has 4 rings (SSSR count). The number of allylic oxidation sites excluding steroid dienone is 1. The van der Waals surface area contributed by atoms with Crippen LogP contribution in [0.4, 0.5) is 0 Å². The minimum absolute atomic E-state index is 0.237. The summed E-state index contributed by atoms with van der Waals surface area (Å²) >= 11 is 1.21. The number of aryl methyl sites for hydroxylation is 1. The zero-order valence-electron chi connectivity index (χ0n) is 16.4. The molecule has 10 nitrogen and oxygen atoms in total. The molecule has 0 radical (unpaired) electrons. The molecule has 0 spiro atoms. The number of ether oxygens (including phenoxy) is 1. The largest absolute Gasteiger partial charge is 0.486 e. The van der Waals surface area contributed by atoms with Crippen LogP contribution in [0.5, 0.6) is 5.75 Å². The molecular formula is C19H19N7O3S. The van der Waals surface area contributed by atoms with Crippen LogP contribution in [0.15, 0.2) is 62.9 Å². The van der Waals surface area contributed by atoms with Crippen LogP contribution in [0.3, 0.4) is 0 Å². The molecule has 0 fully saturated rings. The van der Waals surface area contributed by atoms with Gasteiger partial charge < -0.3 is 9.72 Å². The van der Waals surface area contributed by atoms with E-state index >= 15 is 0 Å². The molecule has 11 heteroatoms. The Labute approximate surface area is 174 Å². The lowest BCUT2D eigenvalue weighted by atomic mass is 10.3. The molecule has 1 N–H and O–H groups in total. The number of para-hydroxylation sites is 1. The molecule has 3 aromatic heterocycles. The molecule has 3 heterocycles. The van der Waals surface area contributed by atoms with Gasteiger partial charge in [-0.2, -0.15) is 0 Å². The lowest BCUT2D eigenvalue weighted by Crippen LogP contribution is -2.36. The van der Waals surface area contributed by atoms with Gasteiger partial charge in [0.1, 0.15) is 12.4 Å². The fourth-order valence-corrected chi connectivity index (χ4v) is 3.75. The SMILES string of the molecule is C=CCn1c(COc2ccccc2)nnc1Sc1nc2c([nH]1)c(=O)n(C)c(=O)n2C. The number of fused-ring (bicyclic) bond motifs is 1. The Hall–Kier alpha value is -3.60. The molecule has 4 aromatic rings. The van der Waals surface area contributed by atoms with Crippen LogP contribution < -0.4 is 16.0 Å². The van der Waals surface area contributed by atoms with E-state index < -0.39 is 11.2 Å². The van der Waals surface area contributed by atoms with Crippen LogP contribution in [0.2, 0.25) is 0 Å². The van der Waals surface area contributed by atoms with Crippen molar-refractivity contribution in [3.63, 3.8) is 0 Å². The van der Waals surface area contributed by atoms with Gasteiger partial charge in [-0.3, -0.25) is 18.5 Å². The molecule has 0 aliphatic heterocycles. The van der Waals surface area contributed by atoms with E-state index in [1.165, 1.54) is 23.4 Å². The number of aromatic nitrogens is 7. The fourth-order valence-electron chi connectivity index (χ4n) is 2.92. The fraction of sp³-hybridized carbons (Fsp3) is 0.211. The number of aromatic amines is 1. The second kappa shape index (κ2) is 8.03. The van der Waals surface area contributed by atoms with Gasteiger partial charge in [0.25, 0.3) is 5.56 Å². The van der Waals surface area contributed by atoms with Gasteiger partial charge in [0.05, 0.1) is 0 Å². The third-order valence-electron chi connectivity index (χ3n) is 4.48. The van der Waals surface area contributed by atoms with Crippen molar-refractivity contribution >= 4 is 22.9 Å². The second-order valence-corrected chi connectivity index (χ2v) is 7.40. The Morgan fingerprint density at radius 3 is 2.67 bits per heavy atom. The van der Waals surface area contributed by atoms with Crippen LogP contribution in [0, 0.1) is 0 Å². The van der Waals surface area contributed by atoms with Gasteiger partial charge in [0.2, 0.25) is 0 Å². The van der Waals surface area contributed by atoms with E-state index in [-0.39, 0.29) is 17.8 Å². The number of H-pyrrole nitrogens is 1. The minimum Gasteiger partial charge on any atom is -0.486 e. The molecule has 0 aliphatic rings. The number of hydrogen-bond acceptors (Lipinski definition) is 7. The molecule has 0 unspecified atom stereocenters. The Morgan fingerprint density at radius 1 is 1.17 bits per heavy atom. The van der Waals surface area contributed by atoms with Crippen LogP contribution in [0.1, 0.15) is 5.82 Å². The Balaban J connectivity index is 1.64. The summed E-state index contributed by atoms with van der Waals surface area (Å²) in [5.41, 5.74) is -0.333. The summed E-state index contributed by atoms with van der Waals surface area (Å²) in [6, 6.07) is 9.43. The van der Waals surface area contributed by atoms with Crippen molar-refractivity contribution in [2.24, 2.45) is 14.1 Å². The summed E-state index contributed by atoms with van der Waals surface area (Å²) in [5, 5.41) is 9.43. The first-order valence-corrected chi connectivity index (χ1v) is 9.85. The number of benzene rings is 1. The topological polar surface area (TPSA) is 113 Å². The first-order valence-electron chi connectivity index (χ1n) is 9.04. The standard InChI is InChI=1S/C19H19N7O3S/c1-4-10-26-13(11-29-12-8-6-5-7-9-12)22-23-18(26)30-17-20-14-15(21-17)24(2)19(28)25(3)16(14)27/h4-9H,1,10-11H2,2-3H3,(H,20,21). The third-order valence-corrected chi connectivity index (χ3v) is 5.35. The van der Waals surface area contributed by atoms with Gasteiger partial charge in [-0.05, 0) is 23.9 Å². The molecule has 0 aliphatic carbocycles.